The van der Waals surface area contributed by atoms with Crippen molar-refractivity contribution >= 4 is 33.3 Å². The molecule has 3 aromatic heterocycles. The summed E-state index contributed by atoms with van der Waals surface area (Å²) in [4.78, 5) is 20.6. The highest BCUT2D eigenvalue weighted by Crippen LogP contribution is 2.14. The Kier molecular flexibility index (Phi) is 3.34. The summed E-state index contributed by atoms with van der Waals surface area (Å²) in [5.74, 6) is 1.52. The second-order valence-corrected chi connectivity index (χ2v) is 5.91. The number of nitrogens with zero attached hydrogens (tertiary/aromatic N) is 4. The summed E-state index contributed by atoms with van der Waals surface area (Å²) in [5.41, 5.74) is 0.787. The minimum atomic E-state index is 0.0202. The third-order valence-corrected chi connectivity index (χ3v) is 4.29. The molecule has 0 spiro atoms. The normalized spacial score (nSPS) is 11.2. The number of rotatable bonds is 4. The maximum Gasteiger partial charge on any atom is 0.271 e. The van der Waals surface area contributed by atoms with Gasteiger partial charge in [-0.3, -0.25) is 14.5 Å². The molecule has 3 heterocycles. The summed E-state index contributed by atoms with van der Waals surface area (Å²) < 4.78 is 2.34. The van der Waals surface area contributed by atoms with Crippen molar-refractivity contribution in [3.63, 3.8) is 0 Å². The molecule has 3 rings (SSSR count). The van der Waals surface area contributed by atoms with Crippen LogP contribution < -0.4 is 5.56 Å². The smallest absolute Gasteiger partial charge is 0.271 e. The number of nitrogens with one attached hydrogen (secondary N) is 1. The van der Waals surface area contributed by atoms with E-state index in [1.54, 1.807) is 10.9 Å². The van der Waals surface area contributed by atoms with Gasteiger partial charge in [0.05, 0.1) is 11.8 Å². The fourth-order valence-electron chi connectivity index (χ4n) is 1.66. The van der Waals surface area contributed by atoms with Crippen LogP contribution in [0.1, 0.15) is 5.82 Å². The quantitative estimate of drug-likeness (QED) is 0.741. The van der Waals surface area contributed by atoms with Gasteiger partial charge in [0.1, 0.15) is 10.5 Å². The van der Waals surface area contributed by atoms with Gasteiger partial charge in [-0.1, -0.05) is 11.8 Å². The summed E-state index contributed by atoms with van der Waals surface area (Å²) in [6, 6.07) is 1.86. The van der Waals surface area contributed by atoms with Crippen LogP contribution in [-0.2, 0) is 6.54 Å². The predicted octanol–water partition coefficient (Wildman–Crippen LogP) is 1.68. The molecule has 0 fully saturated rings. The highest BCUT2D eigenvalue weighted by Gasteiger charge is 2.06. The summed E-state index contributed by atoms with van der Waals surface area (Å²) >= 11 is 2.94. The van der Waals surface area contributed by atoms with Crippen LogP contribution in [0.5, 0.6) is 0 Å². The summed E-state index contributed by atoms with van der Waals surface area (Å²) in [5, 5.41) is 9.41. The Morgan fingerprint density at radius 3 is 3.21 bits per heavy atom. The van der Waals surface area contributed by atoms with Crippen molar-refractivity contribution in [2.75, 3.05) is 5.75 Å². The Bertz CT molecular complexity index is 760. The van der Waals surface area contributed by atoms with Crippen LogP contribution >= 0.6 is 23.1 Å². The number of aromatic amines is 1. The van der Waals surface area contributed by atoms with Gasteiger partial charge in [0, 0.05) is 12.3 Å². The van der Waals surface area contributed by atoms with E-state index in [0.717, 1.165) is 17.1 Å². The molecule has 98 valence electrons. The highest BCUT2D eigenvalue weighted by molar-refractivity contribution is 7.99. The van der Waals surface area contributed by atoms with Gasteiger partial charge in [-0.25, -0.2) is 9.97 Å². The molecule has 8 heteroatoms. The Morgan fingerprint density at radius 2 is 2.42 bits per heavy atom. The second-order valence-electron chi connectivity index (χ2n) is 3.93. The van der Waals surface area contributed by atoms with Gasteiger partial charge in [-0.2, -0.15) is 0 Å². The highest BCUT2D eigenvalue weighted by atomic mass is 32.2. The molecule has 3 aromatic rings. The lowest BCUT2D eigenvalue weighted by molar-refractivity contribution is 0.725. The molecule has 19 heavy (non-hydrogen) atoms. The summed E-state index contributed by atoms with van der Waals surface area (Å²) in [7, 11) is 0. The number of aromatic nitrogens is 5. The van der Waals surface area contributed by atoms with E-state index in [0.29, 0.717) is 16.4 Å². The van der Waals surface area contributed by atoms with E-state index < -0.39 is 0 Å². The molecule has 0 amide bonds. The molecule has 0 radical (unpaired) electrons. The molecule has 0 bridgehead atoms. The average Bonchev–Trinajstić information content (AvgIpc) is 3.01. The lowest BCUT2D eigenvalue weighted by Crippen LogP contribution is -2.20. The van der Waals surface area contributed by atoms with Gasteiger partial charge < -0.3 is 0 Å². The molecule has 1 N–H and O–H groups in total. The van der Waals surface area contributed by atoms with Crippen LogP contribution in [0, 0.1) is 6.92 Å². The molecule has 0 aliphatic rings. The van der Waals surface area contributed by atoms with E-state index in [2.05, 4.69) is 20.2 Å². The molecule has 0 unspecified atom stereocenters. The first-order valence-electron chi connectivity index (χ1n) is 5.68. The van der Waals surface area contributed by atoms with E-state index in [9.17, 15) is 4.79 Å². The minimum Gasteiger partial charge on any atom is -0.297 e. The molecule has 0 saturated carbocycles. The fourth-order valence-corrected chi connectivity index (χ4v) is 3.24. The molecule has 0 aliphatic heterocycles. The van der Waals surface area contributed by atoms with Crippen LogP contribution in [0.15, 0.2) is 27.7 Å². The van der Waals surface area contributed by atoms with Crippen molar-refractivity contribution in [1.29, 1.82) is 0 Å². The van der Waals surface area contributed by atoms with Crippen molar-refractivity contribution < 1.29 is 0 Å². The minimum absolute atomic E-state index is 0.0202. The SMILES string of the molecule is Cc1nc(SCCn2cnc3ccsc3c2=O)n[nH]1. The van der Waals surface area contributed by atoms with Crippen LogP contribution in [0.2, 0.25) is 0 Å². The molecule has 0 atom stereocenters. The number of H-pyrrole nitrogens is 1. The maximum absolute atomic E-state index is 12.1. The van der Waals surface area contributed by atoms with E-state index in [-0.39, 0.29) is 5.56 Å². The summed E-state index contributed by atoms with van der Waals surface area (Å²) in [6.45, 7) is 2.45. The maximum atomic E-state index is 12.1. The van der Waals surface area contributed by atoms with Crippen LogP contribution in [-0.4, -0.2) is 30.5 Å². The molecular formula is C11H11N5OS2. The Balaban J connectivity index is 1.71. The Hall–Kier alpha value is -1.67. The van der Waals surface area contributed by atoms with Gasteiger partial charge in [0.25, 0.3) is 5.56 Å². The first kappa shape index (κ1) is 12.4. The largest absolute Gasteiger partial charge is 0.297 e. The lowest BCUT2D eigenvalue weighted by atomic mass is 10.5. The van der Waals surface area contributed by atoms with Gasteiger partial charge in [-0.15, -0.1) is 16.4 Å². The van der Waals surface area contributed by atoms with Gasteiger partial charge in [0.15, 0.2) is 0 Å². The Labute approximate surface area is 116 Å². The third kappa shape index (κ3) is 2.54. The number of hydrogen-bond donors (Lipinski definition) is 1. The first-order chi connectivity index (χ1) is 9.24. The van der Waals surface area contributed by atoms with Crippen LogP contribution in [0.4, 0.5) is 0 Å². The third-order valence-electron chi connectivity index (χ3n) is 2.58. The van der Waals surface area contributed by atoms with Crippen molar-refractivity contribution in [2.45, 2.75) is 18.6 Å². The average molecular weight is 293 g/mol. The molecule has 0 aliphatic carbocycles. The van der Waals surface area contributed by atoms with Crippen LogP contribution in [0.3, 0.4) is 0 Å². The van der Waals surface area contributed by atoms with Gasteiger partial charge in [-0.05, 0) is 18.4 Å². The topological polar surface area (TPSA) is 76.5 Å². The van der Waals surface area contributed by atoms with Crippen molar-refractivity contribution in [3.05, 3.63) is 34.0 Å². The van der Waals surface area contributed by atoms with E-state index in [1.165, 1.54) is 23.1 Å². The van der Waals surface area contributed by atoms with Gasteiger partial charge >= 0.3 is 0 Å². The zero-order chi connectivity index (χ0) is 13.2. The number of thiophene rings is 1. The van der Waals surface area contributed by atoms with Gasteiger partial charge in [0.2, 0.25) is 5.16 Å². The lowest BCUT2D eigenvalue weighted by Gasteiger charge is -2.03. The zero-order valence-corrected chi connectivity index (χ0v) is 11.8. The van der Waals surface area contributed by atoms with Crippen LogP contribution in [0.25, 0.3) is 10.2 Å². The monoisotopic (exact) mass is 293 g/mol. The Morgan fingerprint density at radius 1 is 1.53 bits per heavy atom. The first-order valence-corrected chi connectivity index (χ1v) is 7.55. The van der Waals surface area contributed by atoms with Crippen molar-refractivity contribution in [2.24, 2.45) is 0 Å². The molecule has 0 saturated heterocycles. The standard InChI is InChI=1S/C11H11N5OS2/c1-7-13-11(15-14-7)19-5-3-16-6-12-8-2-4-18-9(8)10(16)17/h2,4,6H,3,5H2,1H3,(H,13,14,15). The second kappa shape index (κ2) is 5.14. The number of thioether (sulfide) groups is 1. The fraction of sp³-hybridized carbons (Fsp3) is 0.273. The molecular weight excluding hydrogens is 282 g/mol. The van der Waals surface area contributed by atoms with E-state index >= 15 is 0 Å². The van der Waals surface area contributed by atoms with Crippen molar-refractivity contribution in [3.8, 4) is 0 Å². The number of hydrogen-bond acceptors (Lipinski definition) is 6. The molecule has 0 aromatic carbocycles. The van der Waals surface area contributed by atoms with E-state index in [4.69, 9.17) is 0 Å². The summed E-state index contributed by atoms with van der Waals surface area (Å²) in [6.07, 6.45) is 1.60. The van der Waals surface area contributed by atoms with E-state index in [1.807, 2.05) is 18.4 Å². The number of fused-ring (bicyclic) bond motifs is 1. The number of aryl methyl sites for hydroxylation is 2. The predicted molar refractivity (Wildman–Crippen MR) is 75.7 cm³/mol. The zero-order valence-electron chi connectivity index (χ0n) is 10.2. The van der Waals surface area contributed by atoms with Crippen molar-refractivity contribution in [1.82, 2.24) is 24.7 Å². The molecule has 6 nitrogen and oxygen atoms in total.